The van der Waals surface area contributed by atoms with Gasteiger partial charge >= 0.3 is 0 Å². The van der Waals surface area contributed by atoms with Gasteiger partial charge in [0, 0.05) is 12.5 Å². The summed E-state index contributed by atoms with van der Waals surface area (Å²) in [6, 6.07) is 21.4. The van der Waals surface area contributed by atoms with E-state index >= 15 is 0 Å². The van der Waals surface area contributed by atoms with Gasteiger partial charge in [-0.05, 0) is 79.0 Å². The molecular weight excluding hydrogens is 374 g/mol. The summed E-state index contributed by atoms with van der Waals surface area (Å²) in [5.41, 5.74) is 3.87. The Morgan fingerprint density at radius 3 is 2.50 bits per heavy atom. The summed E-state index contributed by atoms with van der Waals surface area (Å²) in [4.78, 5) is 2.12. The molecule has 1 aliphatic rings. The maximum absolute atomic E-state index is 12.1. The van der Waals surface area contributed by atoms with Crippen LogP contribution in [-0.4, -0.2) is 42.9 Å². The van der Waals surface area contributed by atoms with Gasteiger partial charge in [0.15, 0.2) is 0 Å². The summed E-state index contributed by atoms with van der Waals surface area (Å²) in [5.74, 6) is 1.03. The molecule has 0 bridgehead atoms. The Bertz CT molecular complexity index is 1050. The van der Waals surface area contributed by atoms with Crippen LogP contribution >= 0.6 is 0 Å². The van der Waals surface area contributed by atoms with Crippen molar-refractivity contribution in [2.24, 2.45) is 5.92 Å². The number of phenols is 1. The molecule has 0 saturated carbocycles. The highest BCUT2D eigenvalue weighted by atomic mass is 16.5. The number of hydrogen-bond acceptors (Lipinski definition) is 4. The molecule has 4 heteroatoms. The minimum absolute atomic E-state index is 0.0319. The zero-order valence-electron chi connectivity index (χ0n) is 17.8. The predicted molar refractivity (Wildman–Crippen MR) is 120 cm³/mol. The smallest absolute Gasteiger partial charge is 0.119 e. The Morgan fingerprint density at radius 2 is 1.77 bits per heavy atom. The van der Waals surface area contributed by atoms with Crippen LogP contribution in [0.25, 0.3) is 11.1 Å². The first kappa shape index (κ1) is 20.5. The number of rotatable bonds is 5. The van der Waals surface area contributed by atoms with Gasteiger partial charge in [0.05, 0.1) is 7.11 Å². The summed E-state index contributed by atoms with van der Waals surface area (Å²) in [6.07, 6.45) is 1.78. The third kappa shape index (κ3) is 3.69. The third-order valence-corrected chi connectivity index (χ3v) is 6.14. The largest absolute Gasteiger partial charge is 0.508 e. The van der Waals surface area contributed by atoms with Crippen LogP contribution in [-0.2, 0) is 12.0 Å². The number of aryl methyl sites for hydroxylation is 1. The standard InChI is InChI=1S/C26H29NO3/c1-27(2)17-22-12-10-20-14-19(18-6-4-9-24(15-18)30-3)11-13-25(20)26(22,29)21-7-5-8-23(28)16-21/h4-9,11,13-16,22,28-29H,10,12,17H2,1-3H3/t22-,26+/m1/s1. The molecule has 1 aliphatic carbocycles. The molecule has 30 heavy (non-hydrogen) atoms. The van der Waals surface area contributed by atoms with Crippen molar-refractivity contribution >= 4 is 0 Å². The SMILES string of the molecule is COc1cccc(-c2ccc3c(c2)CC[C@H](CN(C)C)[C@@]3(O)c2cccc(O)c2)c1. The van der Waals surface area contributed by atoms with Gasteiger partial charge in [-0.15, -0.1) is 0 Å². The van der Waals surface area contributed by atoms with E-state index in [1.54, 1.807) is 25.3 Å². The van der Waals surface area contributed by atoms with Crippen LogP contribution in [0, 0.1) is 5.92 Å². The Morgan fingerprint density at radius 1 is 1.00 bits per heavy atom. The Kier molecular flexibility index (Phi) is 5.54. The van der Waals surface area contributed by atoms with Gasteiger partial charge in [0.25, 0.3) is 0 Å². The van der Waals surface area contributed by atoms with E-state index in [0.29, 0.717) is 0 Å². The van der Waals surface area contributed by atoms with E-state index in [2.05, 4.69) is 29.2 Å². The number of aromatic hydroxyl groups is 1. The van der Waals surface area contributed by atoms with E-state index < -0.39 is 5.60 Å². The Balaban J connectivity index is 1.82. The van der Waals surface area contributed by atoms with Gasteiger partial charge in [-0.2, -0.15) is 0 Å². The monoisotopic (exact) mass is 403 g/mol. The number of ether oxygens (including phenoxy) is 1. The molecule has 0 amide bonds. The van der Waals surface area contributed by atoms with Gasteiger partial charge in [-0.25, -0.2) is 0 Å². The van der Waals surface area contributed by atoms with E-state index in [1.165, 1.54) is 0 Å². The van der Waals surface area contributed by atoms with Gasteiger partial charge in [-0.3, -0.25) is 0 Å². The lowest BCUT2D eigenvalue weighted by Gasteiger charge is -2.43. The lowest BCUT2D eigenvalue weighted by atomic mass is 9.67. The van der Waals surface area contributed by atoms with Crippen molar-refractivity contribution in [3.63, 3.8) is 0 Å². The van der Waals surface area contributed by atoms with Crippen LogP contribution in [0.15, 0.2) is 66.7 Å². The molecule has 2 atom stereocenters. The number of methoxy groups -OCH3 is 1. The predicted octanol–water partition coefficient (Wildman–Crippen LogP) is 4.43. The summed E-state index contributed by atoms with van der Waals surface area (Å²) in [6.45, 7) is 0.767. The van der Waals surface area contributed by atoms with Gasteiger partial charge < -0.3 is 19.8 Å². The normalized spacial score (nSPS) is 20.8. The fourth-order valence-electron chi connectivity index (χ4n) is 4.71. The van der Waals surface area contributed by atoms with Crippen molar-refractivity contribution in [1.29, 1.82) is 0 Å². The van der Waals surface area contributed by atoms with Gasteiger partial charge in [0.1, 0.15) is 17.1 Å². The van der Waals surface area contributed by atoms with Crippen molar-refractivity contribution in [3.05, 3.63) is 83.4 Å². The molecule has 3 aromatic carbocycles. The minimum Gasteiger partial charge on any atom is -0.508 e. The molecule has 0 radical (unpaired) electrons. The number of fused-ring (bicyclic) bond motifs is 1. The molecule has 0 unspecified atom stereocenters. The average Bonchev–Trinajstić information content (AvgIpc) is 2.75. The van der Waals surface area contributed by atoms with Crippen LogP contribution in [0.4, 0.5) is 0 Å². The van der Waals surface area contributed by atoms with E-state index in [9.17, 15) is 10.2 Å². The molecule has 2 N–H and O–H groups in total. The third-order valence-electron chi connectivity index (χ3n) is 6.14. The second-order valence-corrected chi connectivity index (χ2v) is 8.42. The fourth-order valence-corrected chi connectivity index (χ4v) is 4.71. The highest BCUT2D eigenvalue weighted by molar-refractivity contribution is 5.67. The Labute approximate surface area is 178 Å². The second-order valence-electron chi connectivity index (χ2n) is 8.42. The molecule has 156 valence electrons. The first-order valence-electron chi connectivity index (χ1n) is 10.4. The summed E-state index contributed by atoms with van der Waals surface area (Å²) >= 11 is 0. The quantitative estimate of drug-likeness (QED) is 0.662. The summed E-state index contributed by atoms with van der Waals surface area (Å²) < 4.78 is 5.37. The van der Waals surface area contributed by atoms with Crippen molar-refractivity contribution in [2.75, 3.05) is 27.7 Å². The Hall–Kier alpha value is -2.82. The van der Waals surface area contributed by atoms with E-state index in [0.717, 1.165) is 53.0 Å². The number of benzene rings is 3. The molecule has 0 fully saturated rings. The zero-order chi connectivity index (χ0) is 21.3. The van der Waals surface area contributed by atoms with Crippen molar-refractivity contribution in [2.45, 2.75) is 18.4 Å². The van der Waals surface area contributed by atoms with Crippen LogP contribution in [0.5, 0.6) is 11.5 Å². The summed E-state index contributed by atoms with van der Waals surface area (Å²) in [7, 11) is 5.74. The number of nitrogens with zero attached hydrogens (tertiary/aromatic N) is 1. The van der Waals surface area contributed by atoms with E-state index in [4.69, 9.17) is 4.74 Å². The van der Waals surface area contributed by atoms with Crippen LogP contribution in [0.3, 0.4) is 0 Å². The van der Waals surface area contributed by atoms with E-state index in [-0.39, 0.29) is 11.7 Å². The van der Waals surface area contributed by atoms with E-state index in [1.807, 2.05) is 38.4 Å². The molecule has 0 aliphatic heterocycles. The van der Waals surface area contributed by atoms with Crippen molar-refractivity contribution in [3.8, 4) is 22.6 Å². The number of phenolic OH excluding ortho intramolecular Hbond substituents is 1. The lowest BCUT2D eigenvalue weighted by molar-refractivity contribution is -0.00649. The number of aliphatic hydroxyl groups is 1. The molecule has 0 saturated heterocycles. The van der Waals surface area contributed by atoms with Gasteiger partial charge in [0.2, 0.25) is 0 Å². The lowest BCUT2D eigenvalue weighted by Crippen LogP contribution is -2.45. The number of hydrogen-bond donors (Lipinski definition) is 2. The highest BCUT2D eigenvalue weighted by Crippen LogP contribution is 2.46. The molecule has 0 heterocycles. The van der Waals surface area contributed by atoms with Crippen molar-refractivity contribution in [1.82, 2.24) is 4.90 Å². The highest BCUT2D eigenvalue weighted by Gasteiger charge is 2.44. The minimum atomic E-state index is -1.15. The first-order valence-corrected chi connectivity index (χ1v) is 10.4. The molecule has 4 rings (SSSR count). The second kappa shape index (κ2) is 8.13. The van der Waals surface area contributed by atoms with Crippen LogP contribution < -0.4 is 4.74 Å². The first-order chi connectivity index (χ1) is 14.4. The maximum atomic E-state index is 12.1. The molecule has 4 nitrogen and oxygen atoms in total. The van der Waals surface area contributed by atoms with Crippen LogP contribution in [0.2, 0.25) is 0 Å². The molecule has 0 aromatic heterocycles. The molecule has 0 spiro atoms. The fraction of sp³-hybridized carbons (Fsp3) is 0.308. The van der Waals surface area contributed by atoms with Crippen LogP contribution in [0.1, 0.15) is 23.1 Å². The maximum Gasteiger partial charge on any atom is 0.119 e. The van der Waals surface area contributed by atoms with Crippen molar-refractivity contribution < 1.29 is 14.9 Å². The van der Waals surface area contributed by atoms with Gasteiger partial charge in [-0.1, -0.05) is 42.5 Å². The molecular formula is C26H29NO3. The average molecular weight is 404 g/mol. The molecule has 3 aromatic rings. The summed E-state index contributed by atoms with van der Waals surface area (Å²) in [5, 5.41) is 22.2. The topological polar surface area (TPSA) is 52.9 Å². The zero-order valence-corrected chi connectivity index (χ0v) is 17.8.